The normalized spacial score (nSPS) is 11.4. The van der Waals surface area contributed by atoms with Crippen LogP contribution in [0.3, 0.4) is 0 Å². The zero-order valence-corrected chi connectivity index (χ0v) is 13.8. The van der Waals surface area contributed by atoms with Gasteiger partial charge in [-0.05, 0) is 17.4 Å². The molecule has 8 heteroatoms. The van der Waals surface area contributed by atoms with Gasteiger partial charge in [0.05, 0.1) is 12.6 Å². The van der Waals surface area contributed by atoms with Crippen LogP contribution in [0.5, 0.6) is 0 Å². The number of amides is 1. The smallest absolute Gasteiger partial charge is 0.323 e. The highest BCUT2D eigenvalue weighted by atomic mass is 79.9. The number of hydrogen-bond acceptors (Lipinski definition) is 3. The van der Waals surface area contributed by atoms with E-state index in [1.54, 1.807) is 0 Å². The van der Waals surface area contributed by atoms with Gasteiger partial charge in [0.1, 0.15) is 0 Å². The maximum atomic E-state index is 12.2. The molecule has 0 aliphatic rings. The van der Waals surface area contributed by atoms with Crippen LogP contribution in [0.4, 0.5) is 5.82 Å². The van der Waals surface area contributed by atoms with Crippen LogP contribution < -0.4 is 5.32 Å². The van der Waals surface area contributed by atoms with E-state index in [1.165, 1.54) is 23.7 Å². The number of hydrogen-bond donors (Lipinski definition) is 1. The van der Waals surface area contributed by atoms with Gasteiger partial charge in [0, 0.05) is 16.7 Å². The Kier molecular flexibility index (Phi) is 5.54. The monoisotopic (exact) mass is 395 g/mol. The minimum atomic E-state index is -0.515. The van der Waals surface area contributed by atoms with Crippen molar-refractivity contribution in [3.8, 4) is 0 Å². The topological polar surface area (TPSA) is 77.2 Å². The molecule has 0 spiro atoms. The second kappa shape index (κ2) is 6.51. The lowest BCUT2D eigenvalue weighted by atomic mass is 10.0. The second-order valence-corrected chi connectivity index (χ2v) is 5.37. The molecule has 19 heavy (non-hydrogen) atoms. The molecule has 1 aromatic rings. The van der Waals surface area contributed by atoms with Gasteiger partial charge in [0.2, 0.25) is 0 Å². The summed E-state index contributed by atoms with van der Waals surface area (Å²) in [5, 5.41) is 14.9. The molecular weight excluding hydrogens is 382 g/mol. The summed E-state index contributed by atoms with van der Waals surface area (Å²) in [6, 6.07) is 2.78. The third kappa shape index (κ3) is 3.36. The number of carbonyl (C=O) groups excluding carboxylic acids is 1. The van der Waals surface area contributed by atoms with Gasteiger partial charge < -0.3 is 15.4 Å². The van der Waals surface area contributed by atoms with Gasteiger partial charge in [-0.15, -0.1) is 0 Å². The molecule has 0 atom stereocenters. The lowest BCUT2D eigenvalue weighted by molar-refractivity contribution is -0.391. The fourth-order valence-corrected chi connectivity index (χ4v) is 3.60. The van der Waals surface area contributed by atoms with E-state index in [4.69, 9.17) is 0 Å². The number of carbonyl (C=O) groups is 1. The van der Waals surface area contributed by atoms with Gasteiger partial charge in [-0.1, -0.05) is 38.8 Å². The standard InChI is InChI=1S/C11H15Br2N3O3/c1-3-11(6-12,7-13)14-10(17)8-4-5-9(15(8)2)16(18)19/h4-5H,3,6-7H2,1-2H3,(H,14,17). The van der Waals surface area contributed by atoms with Crippen molar-refractivity contribution in [2.24, 2.45) is 7.05 Å². The van der Waals surface area contributed by atoms with Crippen molar-refractivity contribution < 1.29 is 9.72 Å². The maximum absolute atomic E-state index is 12.2. The van der Waals surface area contributed by atoms with Crippen LogP contribution in [0, 0.1) is 10.1 Å². The molecule has 1 N–H and O–H groups in total. The van der Waals surface area contributed by atoms with Crippen molar-refractivity contribution in [2.75, 3.05) is 10.7 Å². The summed E-state index contributed by atoms with van der Waals surface area (Å²) in [4.78, 5) is 22.4. The van der Waals surface area contributed by atoms with E-state index in [1.807, 2.05) is 6.92 Å². The zero-order valence-electron chi connectivity index (χ0n) is 10.7. The van der Waals surface area contributed by atoms with Crippen molar-refractivity contribution in [1.29, 1.82) is 0 Å². The molecule has 0 radical (unpaired) electrons. The number of rotatable bonds is 6. The third-order valence-electron chi connectivity index (χ3n) is 3.08. The van der Waals surface area contributed by atoms with E-state index >= 15 is 0 Å². The first-order chi connectivity index (χ1) is 8.90. The molecule has 0 aromatic carbocycles. The van der Waals surface area contributed by atoms with E-state index in [9.17, 15) is 14.9 Å². The molecule has 1 aromatic heterocycles. The van der Waals surface area contributed by atoms with Crippen LogP contribution in [-0.2, 0) is 7.05 Å². The van der Waals surface area contributed by atoms with Gasteiger partial charge in [-0.25, -0.2) is 4.57 Å². The zero-order chi connectivity index (χ0) is 14.6. The van der Waals surface area contributed by atoms with Gasteiger partial charge in [0.25, 0.3) is 5.91 Å². The summed E-state index contributed by atoms with van der Waals surface area (Å²) in [5.74, 6) is -0.429. The minimum Gasteiger partial charge on any atom is -0.358 e. The number of alkyl halides is 2. The van der Waals surface area contributed by atoms with Crippen molar-refractivity contribution >= 4 is 43.6 Å². The predicted octanol–water partition coefficient (Wildman–Crippen LogP) is 2.60. The Morgan fingerprint density at radius 2 is 2.05 bits per heavy atom. The molecule has 0 fully saturated rings. The molecule has 0 saturated heterocycles. The minimum absolute atomic E-state index is 0.107. The Labute approximate surface area is 128 Å². The SMILES string of the molecule is CCC(CBr)(CBr)NC(=O)c1ccc([N+](=O)[O-])n1C. The highest BCUT2D eigenvalue weighted by Gasteiger charge is 2.30. The lowest BCUT2D eigenvalue weighted by Gasteiger charge is -2.29. The molecule has 0 unspecified atom stereocenters. The number of nitrogens with one attached hydrogen (secondary N) is 1. The Bertz CT molecular complexity index is 475. The highest BCUT2D eigenvalue weighted by molar-refractivity contribution is 9.09. The molecule has 0 aliphatic carbocycles. The molecule has 1 heterocycles. The van der Waals surface area contributed by atoms with Crippen LogP contribution in [-0.4, -0.2) is 31.6 Å². The largest absolute Gasteiger partial charge is 0.358 e. The van der Waals surface area contributed by atoms with Gasteiger partial charge in [-0.2, -0.15) is 0 Å². The summed E-state index contributed by atoms with van der Waals surface area (Å²) in [6.07, 6.45) is 0.738. The summed E-state index contributed by atoms with van der Waals surface area (Å²) in [5.41, 5.74) is -0.137. The third-order valence-corrected chi connectivity index (χ3v) is 5.23. The Morgan fingerprint density at radius 3 is 2.42 bits per heavy atom. The number of nitro groups is 1. The number of nitrogens with zero attached hydrogens (tertiary/aromatic N) is 2. The molecule has 0 bridgehead atoms. The summed E-state index contributed by atoms with van der Waals surface area (Å²) >= 11 is 6.76. The molecule has 0 aliphatic heterocycles. The quantitative estimate of drug-likeness (QED) is 0.456. The van der Waals surface area contributed by atoms with Crippen molar-refractivity contribution in [3.05, 3.63) is 27.9 Å². The molecule has 106 valence electrons. The van der Waals surface area contributed by atoms with E-state index in [0.717, 1.165) is 6.42 Å². The van der Waals surface area contributed by atoms with E-state index in [-0.39, 0.29) is 17.4 Å². The van der Waals surface area contributed by atoms with Crippen LogP contribution in [0.15, 0.2) is 12.1 Å². The predicted molar refractivity (Wildman–Crippen MR) is 80.1 cm³/mol. The fraction of sp³-hybridized carbons (Fsp3) is 0.545. The molecule has 1 rings (SSSR count). The van der Waals surface area contributed by atoms with E-state index in [2.05, 4.69) is 37.2 Å². The van der Waals surface area contributed by atoms with Crippen molar-refractivity contribution in [3.63, 3.8) is 0 Å². The highest BCUT2D eigenvalue weighted by Crippen LogP contribution is 2.20. The fourth-order valence-electron chi connectivity index (χ4n) is 1.60. The van der Waals surface area contributed by atoms with Crippen molar-refractivity contribution in [2.45, 2.75) is 18.9 Å². The second-order valence-electron chi connectivity index (χ2n) is 4.25. The van der Waals surface area contributed by atoms with Crippen LogP contribution >= 0.6 is 31.9 Å². The Balaban J connectivity index is 2.99. The first kappa shape index (κ1) is 16.2. The average molecular weight is 397 g/mol. The van der Waals surface area contributed by atoms with Gasteiger partial charge >= 0.3 is 5.82 Å². The van der Waals surface area contributed by atoms with Gasteiger partial charge in [0.15, 0.2) is 5.69 Å². The summed E-state index contributed by atoms with van der Waals surface area (Å²) in [7, 11) is 1.50. The van der Waals surface area contributed by atoms with E-state index < -0.39 is 10.5 Å². The average Bonchev–Trinajstić information content (AvgIpc) is 2.78. The number of halogens is 2. The maximum Gasteiger partial charge on any atom is 0.323 e. The molecule has 0 saturated carbocycles. The lowest BCUT2D eigenvalue weighted by Crippen LogP contribution is -2.51. The van der Waals surface area contributed by atoms with Crippen LogP contribution in [0.1, 0.15) is 23.8 Å². The van der Waals surface area contributed by atoms with E-state index in [0.29, 0.717) is 10.7 Å². The first-order valence-electron chi connectivity index (χ1n) is 5.65. The van der Waals surface area contributed by atoms with Gasteiger partial charge in [-0.3, -0.25) is 4.79 Å². The Morgan fingerprint density at radius 1 is 1.47 bits per heavy atom. The molecule has 6 nitrogen and oxygen atoms in total. The first-order valence-corrected chi connectivity index (χ1v) is 7.89. The number of aromatic nitrogens is 1. The summed E-state index contributed by atoms with van der Waals surface area (Å²) in [6.45, 7) is 1.97. The molecule has 1 amide bonds. The van der Waals surface area contributed by atoms with Crippen molar-refractivity contribution in [1.82, 2.24) is 9.88 Å². The van der Waals surface area contributed by atoms with Crippen LogP contribution in [0.25, 0.3) is 0 Å². The Hall–Kier alpha value is -0.890. The summed E-state index contributed by atoms with van der Waals surface area (Å²) < 4.78 is 1.28. The molecular formula is C11H15Br2N3O3. The van der Waals surface area contributed by atoms with Crippen LogP contribution in [0.2, 0.25) is 0 Å².